The highest BCUT2D eigenvalue weighted by Crippen LogP contribution is 2.27. The van der Waals surface area contributed by atoms with Gasteiger partial charge in [0.05, 0.1) is 7.11 Å². The summed E-state index contributed by atoms with van der Waals surface area (Å²) in [6, 6.07) is 7.50. The van der Waals surface area contributed by atoms with Crippen LogP contribution in [0.15, 0.2) is 24.3 Å². The van der Waals surface area contributed by atoms with Gasteiger partial charge in [-0.2, -0.15) is 0 Å². The molecular weight excluding hydrogens is 276 g/mol. The maximum absolute atomic E-state index is 12.4. The fraction of sp³-hybridized carbons (Fsp3) is 0.611. The lowest BCUT2D eigenvalue weighted by Crippen LogP contribution is -2.42. The molecule has 1 atom stereocenters. The molecule has 1 amide bonds. The summed E-state index contributed by atoms with van der Waals surface area (Å²) in [6.45, 7) is 0.812. The van der Waals surface area contributed by atoms with Crippen molar-refractivity contribution < 1.29 is 9.53 Å². The maximum atomic E-state index is 12.4. The predicted molar refractivity (Wildman–Crippen MR) is 89.4 cm³/mol. The molecule has 0 bridgehead atoms. The van der Waals surface area contributed by atoms with Crippen LogP contribution in [0, 0.1) is 5.92 Å². The van der Waals surface area contributed by atoms with E-state index in [2.05, 4.69) is 10.6 Å². The molecule has 0 radical (unpaired) electrons. The van der Waals surface area contributed by atoms with Crippen LogP contribution in [0.25, 0.3) is 0 Å². The number of amides is 1. The van der Waals surface area contributed by atoms with Crippen molar-refractivity contribution in [3.8, 4) is 5.75 Å². The normalized spacial score (nSPS) is 17.0. The number of ether oxygens (including phenoxy) is 1. The standard InChI is InChI=1S/C18H28N2O2/c1-19-13-16(11-14-7-4-3-5-8-14)20-18(21)15-9-6-10-17(12-15)22-2/h6,9-10,12,14,16,19H,3-5,7-8,11,13H2,1-2H3,(H,20,21)/t16-/m0/s1. The van der Waals surface area contributed by atoms with Crippen molar-refractivity contribution in [1.29, 1.82) is 0 Å². The number of nitrogens with one attached hydrogen (secondary N) is 2. The molecule has 4 heteroatoms. The zero-order chi connectivity index (χ0) is 15.8. The van der Waals surface area contributed by atoms with Crippen molar-refractivity contribution in [2.24, 2.45) is 5.92 Å². The monoisotopic (exact) mass is 304 g/mol. The number of rotatable bonds is 7. The van der Waals surface area contributed by atoms with E-state index in [1.165, 1.54) is 32.1 Å². The summed E-state index contributed by atoms with van der Waals surface area (Å²) in [5.74, 6) is 1.44. The van der Waals surface area contributed by atoms with Gasteiger partial charge < -0.3 is 15.4 Å². The van der Waals surface area contributed by atoms with E-state index in [4.69, 9.17) is 4.74 Å². The molecule has 0 aromatic heterocycles. The number of methoxy groups -OCH3 is 1. The van der Waals surface area contributed by atoms with Gasteiger partial charge in [0.2, 0.25) is 0 Å². The lowest BCUT2D eigenvalue weighted by Gasteiger charge is -2.27. The molecule has 1 aliphatic rings. The fourth-order valence-electron chi connectivity index (χ4n) is 3.30. The van der Waals surface area contributed by atoms with E-state index in [1.54, 1.807) is 13.2 Å². The second kappa shape index (κ2) is 8.79. The number of hydrogen-bond donors (Lipinski definition) is 2. The highest BCUT2D eigenvalue weighted by atomic mass is 16.5. The van der Waals surface area contributed by atoms with Crippen LogP contribution < -0.4 is 15.4 Å². The second-order valence-corrected chi connectivity index (χ2v) is 6.20. The summed E-state index contributed by atoms with van der Waals surface area (Å²) in [5, 5.41) is 6.37. The van der Waals surface area contributed by atoms with Crippen molar-refractivity contribution in [2.45, 2.75) is 44.6 Å². The molecule has 0 saturated heterocycles. The third-order valence-corrected chi connectivity index (χ3v) is 4.46. The third kappa shape index (κ3) is 5.02. The summed E-state index contributed by atoms with van der Waals surface area (Å²) in [7, 11) is 3.55. The average Bonchev–Trinajstić information content (AvgIpc) is 2.56. The number of carbonyl (C=O) groups excluding carboxylic acids is 1. The summed E-state index contributed by atoms with van der Waals surface area (Å²) in [6.07, 6.45) is 7.70. The predicted octanol–water partition coefficient (Wildman–Crippen LogP) is 2.98. The van der Waals surface area contributed by atoms with E-state index in [-0.39, 0.29) is 11.9 Å². The first-order chi connectivity index (χ1) is 10.7. The lowest BCUT2D eigenvalue weighted by molar-refractivity contribution is 0.0928. The highest BCUT2D eigenvalue weighted by Gasteiger charge is 2.20. The second-order valence-electron chi connectivity index (χ2n) is 6.20. The van der Waals surface area contributed by atoms with Crippen molar-refractivity contribution in [3.63, 3.8) is 0 Å². The molecule has 1 saturated carbocycles. The van der Waals surface area contributed by atoms with Crippen LogP contribution in [0.4, 0.5) is 0 Å². The van der Waals surface area contributed by atoms with E-state index in [1.807, 2.05) is 25.2 Å². The van der Waals surface area contributed by atoms with Gasteiger partial charge in [0.1, 0.15) is 5.75 Å². The Morgan fingerprint density at radius 1 is 1.32 bits per heavy atom. The Morgan fingerprint density at radius 3 is 2.77 bits per heavy atom. The number of carbonyl (C=O) groups is 1. The molecule has 0 spiro atoms. The average molecular weight is 304 g/mol. The Labute approximate surface area is 133 Å². The van der Waals surface area contributed by atoms with Crippen LogP contribution in [-0.4, -0.2) is 32.7 Å². The summed E-state index contributed by atoms with van der Waals surface area (Å²) in [4.78, 5) is 12.4. The lowest BCUT2D eigenvalue weighted by atomic mass is 9.84. The zero-order valence-electron chi connectivity index (χ0n) is 13.7. The summed E-state index contributed by atoms with van der Waals surface area (Å²) >= 11 is 0. The number of benzene rings is 1. The van der Waals surface area contributed by atoms with Crippen LogP contribution in [-0.2, 0) is 0 Å². The quantitative estimate of drug-likeness (QED) is 0.814. The Bertz CT molecular complexity index is 470. The third-order valence-electron chi connectivity index (χ3n) is 4.46. The van der Waals surface area contributed by atoms with Crippen molar-refractivity contribution in [1.82, 2.24) is 10.6 Å². The first kappa shape index (κ1) is 16.8. The molecule has 1 aromatic carbocycles. The first-order valence-corrected chi connectivity index (χ1v) is 8.32. The molecule has 122 valence electrons. The van der Waals surface area contributed by atoms with Gasteiger partial charge in [0.15, 0.2) is 0 Å². The van der Waals surface area contributed by atoms with Crippen LogP contribution in [0.3, 0.4) is 0 Å². The largest absolute Gasteiger partial charge is 0.497 e. The van der Waals surface area contributed by atoms with Crippen LogP contribution in [0.5, 0.6) is 5.75 Å². The van der Waals surface area contributed by atoms with Crippen LogP contribution >= 0.6 is 0 Å². The molecule has 2 N–H and O–H groups in total. The fourth-order valence-corrected chi connectivity index (χ4v) is 3.30. The van der Waals surface area contributed by atoms with E-state index in [9.17, 15) is 4.79 Å². The van der Waals surface area contributed by atoms with Gasteiger partial charge in [-0.25, -0.2) is 0 Å². The van der Waals surface area contributed by atoms with Gasteiger partial charge >= 0.3 is 0 Å². The molecule has 4 nitrogen and oxygen atoms in total. The molecule has 0 aliphatic heterocycles. The van der Waals surface area contributed by atoms with E-state index in [0.717, 1.165) is 18.9 Å². The van der Waals surface area contributed by atoms with Crippen molar-refractivity contribution >= 4 is 5.91 Å². The molecule has 22 heavy (non-hydrogen) atoms. The van der Waals surface area contributed by atoms with Gasteiger partial charge in [-0.3, -0.25) is 4.79 Å². The van der Waals surface area contributed by atoms with Crippen LogP contribution in [0.2, 0.25) is 0 Å². The molecule has 0 unspecified atom stereocenters. The molecule has 1 fully saturated rings. The van der Waals surface area contributed by atoms with E-state index >= 15 is 0 Å². The van der Waals surface area contributed by atoms with Crippen LogP contribution in [0.1, 0.15) is 48.9 Å². The van der Waals surface area contributed by atoms with E-state index < -0.39 is 0 Å². The minimum atomic E-state index is -0.0186. The maximum Gasteiger partial charge on any atom is 0.251 e. The highest BCUT2D eigenvalue weighted by molar-refractivity contribution is 5.94. The minimum Gasteiger partial charge on any atom is -0.497 e. The summed E-state index contributed by atoms with van der Waals surface area (Å²) in [5.41, 5.74) is 0.657. The number of hydrogen-bond acceptors (Lipinski definition) is 3. The first-order valence-electron chi connectivity index (χ1n) is 8.32. The van der Waals surface area contributed by atoms with Gasteiger partial charge in [-0.1, -0.05) is 38.2 Å². The Kier molecular flexibility index (Phi) is 6.72. The molecule has 1 aliphatic carbocycles. The Hall–Kier alpha value is -1.55. The Balaban J connectivity index is 1.94. The molecule has 1 aromatic rings. The smallest absolute Gasteiger partial charge is 0.251 e. The summed E-state index contributed by atoms with van der Waals surface area (Å²) < 4.78 is 5.19. The van der Waals surface area contributed by atoms with Crippen molar-refractivity contribution in [3.05, 3.63) is 29.8 Å². The Morgan fingerprint density at radius 2 is 2.09 bits per heavy atom. The van der Waals surface area contributed by atoms with Gasteiger partial charge in [-0.15, -0.1) is 0 Å². The molecule has 2 rings (SSSR count). The van der Waals surface area contributed by atoms with Gasteiger partial charge in [-0.05, 0) is 37.6 Å². The topological polar surface area (TPSA) is 50.4 Å². The molecular formula is C18H28N2O2. The van der Waals surface area contributed by atoms with E-state index in [0.29, 0.717) is 11.3 Å². The zero-order valence-corrected chi connectivity index (χ0v) is 13.7. The molecule has 0 heterocycles. The SMILES string of the molecule is CNC[C@H](CC1CCCCC1)NC(=O)c1cccc(OC)c1. The van der Waals surface area contributed by atoms with Crippen molar-refractivity contribution in [2.75, 3.05) is 20.7 Å². The minimum absolute atomic E-state index is 0.0186. The number of likely N-dealkylation sites (N-methyl/N-ethyl adjacent to an activating group) is 1. The van der Waals surface area contributed by atoms with Gasteiger partial charge in [0.25, 0.3) is 5.91 Å². The van der Waals surface area contributed by atoms with Gasteiger partial charge in [0, 0.05) is 18.2 Å².